The van der Waals surface area contributed by atoms with Crippen molar-refractivity contribution in [2.24, 2.45) is 5.92 Å². The Morgan fingerprint density at radius 3 is 2.59 bits per heavy atom. The Balaban J connectivity index is 1.63. The van der Waals surface area contributed by atoms with Gasteiger partial charge in [0.05, 0.1) is 5.92 Å². The molecular weight excluding hydrogens is 400 g/mol. The van der Waals surface area contributed by atoms with Crippen LogP contribution in [0.4, 0.5) is 0 Å². The van der Waals surface area contributed by atoms with Gasteiger partial charge in [-0.15, -0.1) is 0 Å². The van der Waals surface area contributed by atoms with Crippen molar-refractivity contribution in [3.05, 3.63) is 77.6 Å². The molecule has 0 saturated carbocycles. The van der Waals surface area contributed by atoms with Crippen LogP contribution in [-0.2, 0) is 11.2 Å². The lowest BCUT2D eigenvalue weighted by Gasteiger charge is -2.24. The van der Waals surface area contributed by atoms with Crippen LogP contribution in [0.5, 0.6) is 0 Å². The molecule has 2 aromatic carbocycles. The largest absolute Gasteiger partial charge is 0.341 e. The van der Waals surface area contributed by atoms with Gasteiger partial charge >= 0.3 is 0 Å². The Bertz CT molecular complexity index is 1060. The van der Waals surface area contributed by atoms with Gasteiger partial charge in [0.25, 0.3) is 5.91 Å². The lowest BCUT2D eigenvalue weighted by atomic mass is 9.91. The highest BCUT2D eigenvalue weighted by molar-refractivity contribution is 5.93. The highest BCUT2D eigenvalue weighted by Gasteiger charge is 2.33. The number of carbonyl (C=O) groups is 2. The third-order valence-corrected chi connectivity index (χ3v) is 6.10. The minimum absolute atomic E-state index is 0.106. The normalized spacial score (nSPS) is 16.8. The summed E-state index contributed by atoms with van der Waals surface area (Å²) in [6, 6.07) is 18.4. The van der Waals surface area contributed by atoms with Gasteiger partial charge in [-0.25, -0.2) is 0 Å². The molecule has 6 heteroatoms. The van der Waals surface area contributed by atoms with Crippen molar-refractivity contribution in [1.29, 1.82) is 0 Å². The number of amides is 2. The predicted octanol–water partition coefficient (Wildman–Crippen LogP) is 3.94. The van der Waals surface area contributed by atoms with Gasteiger partial charge in [-0.3, -0.25) is 14.7 Å². The molecule has 4 rings (SSSR count). The monoisotopic (exact) mass is 430 g/mol. The number of aromatic nitrogens is 2. The molecule has 32 heavy (non-hydrogen) atoms. The van der Waals surface area contributed by atoms with Gasteiger partial charge in [0, 0.05) is 32.4 Å². The van der Waals surface area contributed by atoms with E-state index in [1.54, 1.807) is 17.2 Å². The maximum Gasteiger partial charge on any atom is 0.271 e. The first-order valence-electron chi connectivity index (χ1n) is 11.3. The molecule has 166 valence electrons. The SMILES string of the molecule is CCCN1CCN(C(=O)c2ccn[nH]2)CC(Cc2ccccc2-c2ccc(C)cc2)C1=O. The molecule has 6 nitrogen and oxygen atoms in total. The van der Waals surface area contributed by atoms with Crippen LogP contribution in [0.1, 0.15) is 35.0 Å². The van der Waals surface area contributed by atoms with Crippen LogP contribution in [0, 0.1) is 12.8 Å². The third-order valence-electron chi connectivity index (χ3n) is 6.10. The van der Waals surface area contributed by atoms with Gasteiger partial charge in [0.1, 0.15) is 5.69 Å². The Morgan fingerprint density at radius 1 is 1.09 bits per heavy atom. The lowest BCUT2D eigenvalue weighted by Crippen LogP contribution is -2.38. The van der Waals surface area contributed by atoms with Crippen LogP contribution in [-0.4, -0.2) is 58.0 Å². The molecule has 1 saturated heterocycles. The fourth-order valence-electron chi connectivity index (χ4n) is 4.40. The number of nitrogens with zero attached hydrogens (tertiary/aromatic N) is 3. The minimum Gasteiger partial charge on any atom is -0.341 e. The van der Waals surface area contributed by atoms with E-state index in [0.717, 1.165) is 23.1 Å². The molecular formula is C26H30N4O2. The highest BCUT2D eigenvalue weighted by atomic mass is 16.2. The Morgan fingerprint density at radius 2 is 1.88 bits per heavy atom. The molecule has 0 bridgehead atoms. The van der Waals surface area contributed by atoms with Gasteiger partial charge in [0.15, 0.2) is 0 Å². The number of hydrogen-bond acceptors (Lipinski definition) is 3. The standard InChI is InChI=1S/C26H30N4O2/c1-3-14-29-15-16-30(26(32)24-12-13-27-28-24)18-22(25(29)31)17-21-6-4-5-7-23(21)20-10-8-19(2)9-11-20/h4-13,22H,3,14-18H2,1-2H3,(H,27,28). The number of aromatic amines is 1. The van der Waals surface area contributed by atoms with Crippen molar-refractivity contribution in [3.63, 3.8) is 0 Å². The van der Waals surface area contributed by atoms with Crippen molar-refractivity contribution in [3.8, 4) is 11.1 Å². The summed E-state index contributed by atoms with van der Waals surface area (Å²) in [5, 5.41) is 6.67. The zero-order valence-corrected chi connectivity index (χ0v) is 18.8. The van der Waals surface area contributed by atoms with Crippen molar-refractivity contribution >= 4 is 11.8 Å². The molecule has 0 radical (unpaired) electrons. The number of hydrogen-bond donors (Lipinski definition) is 1. The van der Waals surface area contributed by atoms with E-state index in [2.05, 4.69) is 60.4 Å². The number of carbonyl (C=O) groups excluding carboxylic acids is 2. The van der Waals surface area contributed by atoms with Crippen molar-refractivity contribution in [1.82, 2.24) is 20.0 Å². The highest BCUT2D eigenvalue weighted by Crippen LogP contribution is 2.28. The smallest absolute Gasteiger partial charge is 0.271 e. The van der Waals surface area contributed by atoms with E-state index >= 15 is 0 Å². The average molecular weight is 431 g/mol. The summed E-state index contributed by atoms with van der Waals surface area (Å²) in [5.74, 6) is -0.265. The molecule has 1 aliphatic heterocycles. The predicted molar refractivity (Wildman–Crippen MR) is 125 cm³/mol. The molecule has 0 aliphatic carbocycles. The quantitative estimate of drug-likeness (QED) is 0.644. The second-order valence-corrected chi connectivity index (χ2v) is 8.47. The maximum absolute atomic E-state index is 13.5. The fourth-order valence-corrected chi connectivity index (χ4v) is 4.40. The summed E-state index contributed by atoms with van der Waals surface area (Å²) in [7, 11) is 0. The van der Waals surface area contributed by atoms with Crippen LogP contribution in [0.3, 0.4) is 0 Å². The van der Waals surface area contributed by atoms with E-state index in [-0.39, 0.29) is 17.7 Å². The number of rotatable bonds is 6. The minimum atomic E-state index is -0.289. The number of nitrogens with one attached hydrogen (secondary N) is 1. The van der Waals surface area contributed by atoms with E-state index in [0.29, 0.717) is 38.3 Å². The fraction of sp³-hybridized carbons (Fsp3) is 0.346. The Hall–Kier alpha value is -3.41. The first-order valence-corrected chi connectivity index (χ1v) is 11.3. The van der Waals surface area contributed by atoms with E-state index in [1.165, 1.54) is 5.56 Å². The van der Waals surface area contributed by atoms with Crippen molar-refractivity contribution < 1.29 is 9.59 Å². The summed E-state index contributed by atoms with van der Waals surface area (Å²) in [6.45, 7) is 6.35. The molecule has 1 unspecified atom stereocenters. The maximum atomic E-state index is 13.5. The van der Waals surface area contributed by atoms with Gasteiger partial charge in [0.2, 0.25) is 5.91 Å². The first-order chi connectivity index (χ1) is 15.6. The van der Waals surface area contributed by atoms with Crippen LogP contribution in [0.25, 0.3) is 11.1 Å². The van der Waals surface area contributed by atoms with E-state index in [9.17, 15) is 9.59 Å². The third kappa shape index (κ3) is 4.74. The molecule has 2 heterocycles. The first kappa shape index (κ1) is 21.8. The molecule has 1 atom stereocenters. The molecule has 1 aromatic heterocycles. The zero-order valence-electron chi connectivity index (χ0n) is 18.8. The number of benzene rings is 2. The molecule has 0 spiro atoms. The second kappa shape index (κ2) is 9.81. The molecule has 3 aromatic rings. The second-order valence-electron chi connectivity index (χ2n) is 8.47. The summed E-state index contributed by atoms with van der Waals surface area (Å²) < 4.78 is 0. The van der Waals surface area contributed by atoms with Crippen LogP contribution in [0.15, 0.2) is 60.8 Å². The molecule has 1 fully saturated rings. The van der Waals surface area contributed by atoms with Crippen LogP contribution >= 0.6 is 0 Å². The topological polar surface area (TPSA) is 69.3 Å². The molecule has 1 N–H and O–H groups in total. The van der Waals surface area contributed by atoms with Gasteiger partial charge < -0.3 is 9.80 Å². The summed E-state index contributed by atoms with van der Waals surface area (Å²) in [5.41, 5.74) is 5.08. The lowest BCUT2D eigenvalue weighted by molar-refractivity contribution is -0.134. The number of H-pyrrole nitrogens is 1. The van der Waals surface area contributed by atoms with Gasteiger partial charge in [-0.2, -0.15) is 5.10 Å². The summed E-state index contributed by atoms with van der Waals surface area (Å²) in [4.78, 5) is 30.2. The van der Waals surface area contributed by atoms with Gasteiger partial charge in [-0.1, -0.05) is 61.0 Å². The van der Waals surface area contributed by atoms with E-state index in [4.69, 9.17) is 0 Å². The Kier molecular flexibility index (Phi) is 6.69. The van der Waals surface area contributed by atoms with E-state index < -0.39 is 0 Å². The van der Waals surface area contributed by atoms with Gasteiger partial charge in [-0.05, 0) is 42.5 Å². The summed E-state index contributed by atoms with van der Waals surface area (Å²) in [6.07, 6.45) is 3.07. The van der Waals surface area contributed by atoms with E-state index in [1.807, 2.05) is 17.0 Å². The number of aryl methyl sites for hydroxylation is 1. The summed E-state index contributed by atoms with van der Waals surface area (Å²) >= 11 is 0. The Labute approximate surface area is 189 Å². The molecule has 1 aliphatic rings. The molecule has 2 amide bonds. The van der Waals surface area contributed by atoms with Crippen LogP contribution in [0.2, 0.25) is 0 Å². The van der Waals surface area contributed by atoms with Crippen molar-refractivity contribution in [2.45, 2.75) is 26.7 Å². The van der Waals surface area contributed by atoms with Crippen molar-refractivity contribution in [2.75, 3.05) is 26.2 Å². The average Bonchev–Trinajstić information content (AvgIpc) is 3.30. The zero-order chi connectivity index (χ0) is 22.5. The van der Waals surface area contributed by atoms with Crippen LogP contribution < -0.4 is 0 Å².